The molecule has 0 fully saturated rings. The third kappa shape index (κ3) is 2.89. The molecule has 4 nitrogen and oxygen atoms in total. The van der Waals surface area contributed by atoms with Crippen LogP contribution in [0.4, 0.5) is 0 Å². The maximum Gasteiger partial charge on any atom is 0.326 e. The van der Waals surface area contributed by atoms with Gasteiger partial charge in [0.2, 0.25) is 0 Å². The summed E-state index contributed by atoms with van der Waals surface area (Å²) >= 11 is 0. The van der Waals surface area contributed by atoms with Crippen molar-refractivity contribution in [2.24, 2.45) is 5.73 Å². The lowest BCUT2D eigenvalue weighted by Crippen LogP contribution is -2.39. The van der Waals surface area contributed by atoms with Gasteiger partial charge in [-0.05, 0) is 52.7 Å². The second-order valence-electron chi connectivity index (χ2n) is 6.58. The van der Waals surface area contributed by atoms with Crippen molar-refractivity contribution >= 4 is 11.0 Å². The van der Waals surface area contributed by atoms with E-state index in [-0.39, 0.29) is 16.8 Å². The van der Waals surface area contributed by atoms with E-state index in [4.69, 9.17) is 5.73 Å². The van der Waals surface area contributed by atoms with Gasteiger partial charge < -0.3 is 10.7 Å². The molecule has 0 bridgehead atoms. The zero-order chi connectivity index (χ0) is 14.3. The van der Waals surface area contributed by atoms with Gasteiger partial charge in [-0.2, -0.15) is 0 Å². The molecule has 0 aliphatic rings. The van der Waals surface area contributed by atoms with E-state index in [0.717, 1.165) is 23.9 Å². The summed E-state index contributed by atoms with van der Waals surface area (Å²) in [6.45, 7) is 8.20. The molecule has 0 amide bonds. The Morgan fingerprint density at radius 3 is 2.42 bits per heavy atom. The molecule has 4 heteroatoms. The molecule has 19 heavy (non-hydrogen) atoms. The van der Waals surface area contributed by atoms with Crippen molar-refractivity contribution in [1.29, 1.82) is 0 Å². The maximum atomic E-state index is 12.2. The monoisotopic (exact) mass is 261 g/mol. The Labute approximate surface area is 113 Å². The largest absolute Gasteiger partial charge is 0.326 e. The van der Waals surface area contributed by atoms with E-state index in [1.165, 1.54) is 0 Å². The number of para-hydroxylation sites is 2. The molecule has 0 atom stereocenters. The van der Waals surface area contributed by atoms with Gasteiger partial charge in [0.15, 0.2) is 0 Å². The number of nitrogens with zero attached hydrogens (tertiary/aromatic N) is 1. The van der Waals surface area contributed by atoms with E-state index in [1.54, 1.807) is 0 Å². The first kappa shape index (κ1) is 13.9. The van der Waals surface area contributed by atoms with Crippen molar-refractivity contribution < 1.29 is 0 Å². The van der Waals surface area contributed by atoms with E-state index in [2.05, 4.69) is 18.8 Å². The summed E-state index contributed by atoms with van der Waals surface area (Å²) in [5.41, 5.74) is 7.36. The van der Waals surface area contributed by atoms with Crippen LogP contribution in [0, 0.1) is 0 Å². The van der Waals surface area contributed by atoms with Gasteiger partial charge in [-0.15, -0.1) is 0 Å². The van der Waals surface area contributed by atoms with Crippen LogP contribution in [0.2, 0.25) is 0 Å². The average Bonchev–Trinajstić information content (AvgIpc) is 2.62. The van der Waals surface area contributed by atoms with Gasteiger partial charge in [0.05, 0.1) is 11.0 Å². The molecule has 0 aliphatic heterocycles. The highest BCUT2D eigenvalue weighted by Gasteiger charge is 2.26. The number of fused-ring (bicyclic) bond motifs is 1. The molecule has 2 aromatic rings. The minimum atomic E-state index is -0.257. The van der Waals surface area contributed by atoms with Crippen LogP contribution >= 0.6 is 0 Å². The lowest BCUT2D eigenvalue weighted by Gasteiger charge is -2.30. The van der Waals surface area contributed by atoms with Crippen LogP contribution in [-0.4, -0.2) is 15.1 Å². The number of rotatable bonds is 4. The predicted octanol–water partition coefficient (Wildman–Crippen LogP) is 2.58. The number of hydrogen-bond acceptors (Lipinski definition) is 2. The van der Waals surface area contributed by atoms with Crippen LogP contribution in [-0.2, 0) is 5.54 Å². The number of H-pyrrole nitrogens is 1. The molecule has 0 saturated heterocycles. The second kappa shape index (κ2) is 4.53. The average molecular weight is 261 g/mol. The first-order valence-corrected chi connectivity index (χ1v) is 6.70. The quantitative estimate of drug-likeness (QED) is 0.888. The smallest absolute Gasteiger partial charge is 0.326 e. The zero-order valence-corrected chi connectivity index (χ0v) is 12.2. The third-order valence-electron chi connectivity index (χ3n) is 3.58. The number of hydrogen-bond donors (Lipinski definition) is 2. The van der Waals surface area contributed by atoms with Gasteiger partial charge in [0, 0.05) is 11.1 Å². The fourth-order valence-electron chi connectivity index (χ4n) is 2.40. The van der Waals surface area contributed by atoms with Crippen molar-refractivity contribution in [2.45, 2.75) is 51.6 Å². The highest BCUT2D eigenvalue weighted by atomic mass is 16.1. The van der Waals surface area contributed by atoms with Crippen molar-refractivity contribution in [3.8, 4) is 0 Å². The summed E-state index contributed by atoms with van der Waals surface area (Å²) < 4.78 is 1.84. The first-order chi connectivity index (χ1) is 8.71. The minimum Gasteiger partial charge on any atom is -0.326 e. The number of aromatic amines is 1. The Hall–Kier alpha value is -1.55. The molecule has 2 rings (SSSR count). The Morgan fingerprint density at radius 1 is 1.16 bits per heavy atom. The fourth-order valence-corrected chi connectivity index (χ4v) is 2.40. The Bertz CT molecular complexity index is 629. The molecule has 1 aromatic heterocycles. The first-order valence-electron chi connectivity index (χ1n) is 6.70. The van der Waals surface area contributed by atoms with Crippen LogP contribution in [0.25, 0.3) is 11.0 Å². The number of aromatic nitrogens is 2. The molecule has 0 aliphatic carbocycles. The number of benzene rings is 1. The van der Waals surface area contributed by atoms with Crippen molar-refractivity contribution in [3.63, 3.8) is 0 Å². The molecular formula is C15H23N3O. The van der Waals surface area contributed by atoms with Gasteiger partial charge in [-0.3, -0.25) is 4.57 Å². The van der Waals surface area contributed by atoms with E-state index in [0.29, 0.717) is 0 Å². The molecule has 0 saturated carbocycles. The van der Waals surface area contributed by atoms with Crippen LogP contribution < -0.4 is 11.4 Å². The van der Waals surface area contributed by atoms with Crippen LogP contribution in [0.15, 0.2) is 29.1 Å². The van der Waals surface area contributed by atoms with E-state index >= 15 is 0 Å². The van der Waals surface area contributed by atoms with Crippen LogP contribution in [0.3, 0.4) is 0 Å². The summed E-state index contributed by atoms with van der Waals surface area (Å²) in [5.74, 6) is 0. The fraction of sp³-hybridized carbons (Fsp3) is 0.533. The Balaban J connectivity index is 2.42. The van der Waals surface area contributed by atoms with E-state index in [9.17, 15) is 4.79 Å². The van der Waals surface area contributed by atoms with Crippen LogP contribution in [0.5, 0.6) is 0 Å². The summed E-state index contributed by atoms with van der Waals surface area (Å²) in [6, 6.07) is 7.78. The zero-order valence-electron chi connectivity index (χ0n) is 12.2. The van der Waals surface area contributed by atoms with E-state index < -0.39 is 0 Å². The SMILES string of the molecule is CC(C)(N)CCC(C)(C)n1c(=O)[nH]c2ccccc21. The topological polar surface area (TPSA) is 63.8 Å². The predicted molar refractivity (Wildman–Crippen MR) is 79.4 cm³/mol. The van der Waals surface area contributed by atoms with Gasteiger partial charge in [0.1, 0.15) is 0 Å². The van der Waals surface area contributed by atoms with Gasteiger partial charge in [-0.1, -0.05) is 12.1 Å². The molecule has 3 N–H and O–H groups in total. The van der Waals surface area contributed by atoms with Gasteiger partial charge in [-0.25, -0.2) is 4.79 Å². The van der Waals surface area contributed by atoms with Gasteiger partial charge >= 0.3 is 5.69 Å². The van der Waals surface area contributed by atoms with E-state index in [1.807, 2.05) is 42.7 Å². The Morgan fingerprint density at radius 2 is 1.79 bits per heavy atom. The van der Waals surface area contributed by atoms with Crippen molar-refractivity contribution in [2.75, 3.05) is 0 Å². The molecule has 1 heterocycles. The third-order valence-corrected chi connectivity index (χ3v) is 3.58. The highest BCUT2D eigenvalue weighted by Crippen LogP contribution is 2.26. The van der Waals surface area contributed by atoms with Crippen LogP contribution in [0.1, 0.15) is 40.5 Å². The Kier molecular flexibility index (Phi) is 3.31. The minimum absolute atomic E-state index is 0.0546. The van der Waals surface area contributed by atoms with Crippen molar-refractivity contribution in [1.82, 2.24) is 9.55 Å². The van der Waals surface area contributed by atoms with Gasteiger partial charge in [0.25, 0.3) is 0 Å². The highest BCUT2D eigenvalue weighted by molar-refractivity contribution is 5.75. The lowest BCUT2D eigenvalue weighted by atomic mass is 9.90. The number of nitrogens with one attached hydrogen (secondary N) is 1. The summed E-state index contributed by atoms with van der Waals surface area (Å²) in [6.07, 6.45) is 1.73. The summed E-state index contributed by atoms with van der Waals surface area (Å²) in [7, 11) is 0. The molecule has 0 radical (unpaired) electrons. The molecular weight excluding hydrogens is 238 g/mol. The number of nitrogens with two attached hydrogens (primary N) is 1. The number of imidazole rings is 1. The summed E-state index contributed by atoms with van der Waals surface area (Å²) in [5, 5.41) is 0. The molecule has 104 valence electrons. The van der Waals surface area contributed by atoms with Crippen molar-refractivity contribution in [3.05, 3.63) is 34.7 Å². The normalized spacial score (nSPS) is 13.1. The lowest BCUT2D eigenvalue weighted by molar-refractivity contribution is 0.286. The molecule has 0 unspecified atom stereocenters. The second-order valence-corrected chi connectivity index (χ2v) is 6.58. The summed E-state index contributed by atoms with van der Waals surface area (Å²) in [4.78, 5) is 15.1. The molecule has 0 spiro atoms. The maximum absolute atomic E-state index is 12.2. The standard InChI is InChI=1S/C15H23N3O/c1-14(2,16)9-10-15(3,4)18-12-8-6-5-7-11(12)17-13(18)19/h5-8H,9-10,16H2,1-4H3,(H,17,19). The molecule has 1 aromatic carbocycles.